The number of aromatic amines is 1. The van der Waals surface area contributed by atoms with Crippen LogP contribution in [-0.4, -0.2) is 28.2 Å². The van der Waals surface area contributed by atoms with E-state index in [0.29, 0.717) is 5.56 Å². The lowest BCUT2D eigenvalue weighted by molar-refractivity contribution is 0.0585. The molecule has 0 bridgehead atoms. The maximum absolute atomic E-state index is 11.9. The van der Waals surface area contributed by atoms with Crippen LogP contribution in [0.5, 0.6) is 5.88 Å². The first-order valence-corrected chi connectivity index (χ1v) is 5.99. The van der Waals surface area contributed by atoms with Crippen molar-refractivity contribution in [1.29, 1.82) is 0 Å². The summed E-state index contributed by atoms with van der Waals surface area (Å²) < 4.78 is 5.26. The number of H-pyrrole nitrogens is 1. The molecule has 0 aliphatic heterocycles. The first-order valence-electron chi connectivity index (χ1n) is 5.20. The van der Waals surface area contributed by atoms with Crippen LogP contribution >= 0.6 is 15.9 Å². The Hall–Kier alpha value is -2.15. The Balaban J connectivity index is 2.57. The van der Waals surface area contributed by atoms with Crippen molar-refractivity contribution in [3.05, 3.63) is 44.9 Å². The summed E-state index contributed by atoms with van der Waals surface area (Å²) in [5.74, 6) is -1.69. The molecule has 6 nitrogen and oxygen atoms in total. The number of nitrogens with one attached hydrogen (secondary N) is 1. The van der Waals surface area contributed by atoms with Crippen LogP contribution in [0.15, 0.2) is 33.5 Å². The standard InChI is InChI=1S/C12H9BrN2O4/c1-19-12(18)9-14-10(16)8(11(17)15-9)6-2-4-7(13)5-3-6/h2-5H,1H3,(H2,14,15,16,17). The van der Waals surface area contributed by atoms with Crippen LogP contribution in [0.2, 0.25) is 0 Å². The third kappa shape index (κ3) is 2.65. The molecule has 1 heterocycles. The van der Waals surface area contributed by atoms with E-state index in [-0.39, 0.29) is 11.4 Å². The number of hydrogen-bond acceptors (Lipinski definition) is 5. The van der Waals surface area contributed by atoms with Crippen LogP contribution in [-0.2, 0) is 4.74 Å². The number of methoxy groups -OCH3 is 1. The van der Waals surface area contributed by atoms with Gasteiger partial charge in [0.15, 0.2) is 0 Å². The number of ether oxygens (including phenoxy) is 1. The molecule has 2 aromatic rings. The number of hydrogen-bond donors (Lipinski definition) is 2. The Morgan fingerprint density at radius 3 is 2.53 bits per heavy atom. The van der Waals surface area contributed by atoms with Gasteiger partial charge in [-0.05, 0) is 17.7 Å². The molecular weight excluding hydrogens is 316 g/mol. The summed E-state index contributed by atoms with van der Waals surface area (Å²) in [6.45, 7) is 0. The van der Waals surface area contributed by atoms with Gasteiger partial charge in [-0.15, -0.1) is 0 Å². The molecule has 1 aromatic heterocycles. The Morgan fingerprint density at radius 1 is 1.37 bits per heavy atom. The zero-order valence-electron chi connectivity index (χ0n) is 9.81. The molecule has 1 aromatic carbocycles. The maximum atomic E-state index is 11.9. The Labute approximate surface area is 116 Å². The van der Waals surface area contributed by atoms with E-state index in [1.54, 1.807) is 24.3 Å². The molecule has 0 saturated heterocycles. The highest BCUT2D eigenvalue weighted by molar-refractivity contribution is 9.10. The molecule has 2 rings (SSSR count). The fourth-order valence-corrected chi connectivity index (χ4v) is 1.80. The number of aromatic nitrogens is 2. The molecule has 0 spiro atoms. The van der Waals surface area contributed by atoms with E-state index in [4.69, 9.17) is 0 Å². The molecule has 0 saturated carbocycles. The highest BCUT2D eigenvalue weighted by Gasteiger charge is 2.16. The van der Waals surface area contributed by atoms with Crippen molar-refractivity contribution in [2.45, 2.75) is 0 Å². The topological polar surface area (TPSA) is 92.3 Å². The van der Waals surface area contributed by atoms with E-state index in [2.05, 4.69) is 30.6 Å². The average molecular weight is 325 g/mol. The molecular formula is C12H9BrN2O4. The number of carbonyl (C=O) groups is 1. The van der Waals surface area contributed by atoms with Gasteiger partial charge in [0.25, 0.3) is 5.56 Å². The monoisotopic (exact) mass is 324 g/mol. The zero-order chi connectivity index (χ0) is 14.0. The van der Waals surface area contributed by atoms with E-state index >= 15 is 0 Å². The highest BCUT2D eigenvalue weighted by Crippen LogP contribution is 2.24. The fourth-order valence-electron chi connectivity index (χ4n) is 1.53. The van der Waals surface area contributed by atoms with Gasteiger partial charge in [0.05, 0.1) is 7.11 Å². The first-order chi connectivity index (χ1) is 9.02. The molecule has 98 valence electrons. The molecule has 0 atom stereocenters. The normalized spacial score (nSPS) is 10.2. The van der Waals surface area contributed by atoms with E-state index in [1.807, 2.05) is 0 Å². The highest BCUT2D eigenvalue weighted by atomic mass is 79.9. The summed E-state index contributed by atoms with van der Waals surface area (Å²) in [5, 5.41) is 9.79. The number of rotatable bonds is 2. The summed E-state index contributed by atoms with van der Waals surface area (Å²) >= 11 is 3.27. The summed E-state index contributed by atoms with van der Waals surface area (Å²) in [6, 6.07) is 6.74. The van der Waals surface area contributed by atoms with Gasteiger partial charge in [0, 0.05) is 4.47 Å². The zero-order valence-corrected chi connectivity index (χ0v) is 11.4. The lowest BCUT2D eigenvalue weighted by Crippen LogP contribution is -2.18. The Morgan fingerprint density at radius 2 is 2.00 bits per heavy atom. The minimum absolute atomic E-state index is 0.000142. The lowest BCUT2D eigenvalue weighted by atomic mass is 10.1. The van der Waals surface area contributed by atoms with Crippen molar-refractivity contribution < 1.29 is 14.6 Å². The molecule has 0 radical (unpaired) electrons. The maximum Gasteiger partial charge on any atom is 0.374 e. The van der Waals surface area contributed by atoms with Crippen molar-refractivity contribution >= 4 is 21.9 Å². The van der Waals surface area contributed by atoms with Crippen LogP contribution in [0.1, 0.15) is 10.6 Å². The van der Waals surface area contributed by atoms with Crippen LogP contribution in [0.3, 0.4) is 0 Å². The number of aromatic hydroxyl groups is 1. The quantitative estimate of drug-likeness (QED) is 0.820. The first kappa shape index (κ1) is 13.3. The summed E-state index contributed by atoms with van der Waals surface area (Å²) in [7, 11) is 1.15. The molecule has 0 aliphatic carbocycles. The summed E-state index contributed by atoms with van der Waals surface area (Å²) in [5.41, 5.74) is -0.124. The second-order valence-electron chi connectivity index (χ2n) is 3.61. The van der Waals surface area contributed by atoms with Crippen LogP contribution in [0.25, 0.3) is 11.1 Å². The minimum Gasteiger partial charge on any atom is -0.493 e. The van der Waals surface area contributed by atoms with Crippen molar-refractivity contribution in [3.63, 3.8) is 0 Å². The second kappa shape index (κ2) is 5.23. The second-order valence-corrected chi connectivity index (χ2v) is 4.53. The third-order valence-corrected chi connectivity index (χ3v) is 2.94. The lowest BCUT2D eigenvalue weighted by Gasteiger charge is -2.05. The predicted molar refractivity (Wildman–Crippen MR) is 71.0 cm³/mol. The van der Waals surface area contributed by atoms with Gasteiger partial charge in [-0.25, -0.2) is 4.79 Å². The van der Waals surface area contributed by atoms with E-state index in [9.17, 15) is 14.7 Å². The largest absolute Gasteiger partial charge is 0.493 e. The molecule has 0 aliphatic rings. The fraction of sp³-hybridized carbons (Fsp3) is 0.0833. The number of carbonyl (C=O) groups excluding carboxylic acids is 1. The minimum atomic E-state index is -0.824. The van der Waals surface area contributed by atoms with Crippen molar-refractivity contribution in [2.24, 2.45) is 0 Å². The Bertz CT molecular complexity index is 679. The number of esters is 1. The summed E-state index contributed by atoms with van der Waals surface area (Å²) in [6.07, 6.45) is 0. The number of nitrogens with zero attached hydrogens (tertiary/aromatic N) is 1. The number of benzene rings is 1. The molecule has 2 N–H and O–H groups in total. The molecule has 0 fully saturated rings. The molecule has 0 unspecified atom stereocenters. The van der Waals surface area contributed by atoms with Crippen LogP contribution in [0, 0.1) is 0 Å². The van der Waals surface area contributed by atoms with Gasteiger partial charge < -0.3 is 14.8 Å². The third-order valence-electron chi connectivity index (χ3n) is 2.41. The van der Waals surface area contributed by atoms with E-state index < -0.39 is 17.4 Å². The average Bonchev–Trinajstić information content (AvgIpc) is 2.39. The van der Waals surface area contributed by atoms with Crippen LogP contribution in [0.4, 0.5) is 0 Å². The van der Waals surface area contributed by atoms with Crippen molar-refractivity contribution in [3.8, 4) is 17.0 Å². The van der Waals surface area contributed by atoms with E-state index in [1.165, 1.54) is 0 Å². The number of halogens is 1. The smallest absolute Gasteiger partial charge is 0.374 e. The molecule has 0 amide bonds. The molecule has 7 heteroatoms. The Kier molecular flexibility index (Phi) is 3.66. The van der Waals surface area contributed by atoms with Crippen LogP contribution < -0.4 is 5.56 Å². The van der Waals surface area contributed by atoms with E-state index in [0.717, 1.165) is 11.6 Å². The van der Waals surface area contributed by atoms with Gasteiger partial charge >= 0.3 is 5.97 Å². The van der Waals surface area contributed by atoms with Gasteiger partial charge in [0.2, 0.25) is 11.7 Å². The van der Waals surface area contributed by atoms with Crippen molar-refractivity contribution in [1.82, 2.24) is 9.97 Å². The SMILES string of the molecule is COC(=O)c1nc(O)c(-c2ccc(Br)cc2)c(=O)[nH]1. The van der Waals surface area contributed by atoms with Gasteiger partial charge in [-0.2, -0.15) is 4.98 Å². The predicted octanol–water partition coefficient (Wildman–Crippen LogP) is 1.69. The summed E-state index contributed by atoms with van der Waals surface area (Å²) in [4.78, 5) is 29.0. The van der Waals surface area contributed by atoms with Gasteiger partial charge in [-0.1, -0.05) is 28.1 Å². The van der Waals surface area contributed by atoms with Gasteiger partial charge in [0.1, 0.15) is 5.56 Å². The molecule has 19 heavy (non-hydrogen) atoms. The van der Waals surface area contributed by atoms with Crippen molar-refractivity contribution in [2.75, 3.05) is 7.11 Å². The van der Waals surface area contributed by atoms with Gasteiger partial charge in [-0.3, -0.25) is 4.79 Å².